The molecule has 1 atom stereocenters. The van der Waals surface area contributed by atoms with E-state index < -0.39 is 12.0 Å². The van der Waals surface area contributed by atoms with E-state index in [-0.39, 0.29) is 18.9 Å². The quantitative estimate of drug-likeness (QED) is 0.619. The van der Waals surface area contributed by atoms with Gasteiger partial charge >= 0.3 is 0 Å². The Kier molecular flexibility index (Phi) is 4.26. The molecule has 1 unspecified atom stereocenters. The number of amides is 2. The highest BCUT2D eigenvalue weighted by molar-refractivity contribution is 7.07. The smallest absolute Gasteiger partial charge is 0.248 e. The van der Waals surface area contributed by atoms with Crippen LogP contribution in [0.15, 0.2) is 16.8 Å². The number of aliphatic hydroxyl groups is 1. The van der Waals surface area contributed by atoms with Crippen molar-refractivity contribution in [3.05, 3.63) is 22.4 Å². The number of nitrogens with one attached hydrogen (secondary N) is 1. The first-order valence-electron chi connectivity index (χ1n) is 4.34. The minimum atomic E-state index is -1.32. The van der Waals surface area contributed by atoms with Gasteiger partial charge in [0, 0.05) is 0 Å². The van der Waals surface area contributed by atoms with E-state index in [1.54, 1.807) is 0 Å². The minimum Gasteiger partial charge on any atom is -0.381 e. The van der Waals surface area contributed by atoms with E-state index in [1.165, 1.54) is 11.3 Å². The van der Waals surface area contributed by atoms with Crippen LogP contribution in [-0.4, -0.2) is 29.6 Å². The summed E-state index contributed by atoms with van der Waals surface area (Å²) in [4.78, 5) is 21.7. The van der Waals surface area contributed by atoms with Crippen molar-refractivity contribution in [3.63, 3.8) is 0 Å². The number of carbonyl (C=O) groups excluding carboxylic acids is 2. The molecule has 0 aliphatic rings. The molecule has 4 N–H and O–H groups in total. The van der Waals surface area contributed by atoms with E-state index in [0.29, 0.717) is 0 Å². The molecule has 0 aliphatic carbocycles. The summed E-state index contributed by atoms with van der Waals surface area (Å²) < 4.78 is 0. The third kappa shape index (κ3) is 4.09. The molecule has 0 saturated carbocycles. The summed E-state index contributed by atoms with van der Waals surface area (Å²) in [6.07, 6.45) is -1.08. The van der Waals surface area contributed by atoms with E-state index in [0.717, 1.165) is 5.56 Å². The van der Waals surface area contributed by atoms with Gasteiger partial charge in [0.1, 0.15) is 6.10 Å². The second kappa shape index (κ2) is 5.47. The minimum absolute atomic E-state index is 0.141. The number of nitrogens with two attached hydrogens (primary N) is 1. The number of primary amides is 1. The van der Waals surface area contributed by atoms with Crippen LogP contribution in [0.3, 0.4) is 0 Å². The molecular weight excluding hydrogens is 216 g/mol. The Morgan fingerprint density at radius 1 is 1.60 bits per heavy atom. The highest BCUT2D eigenvalue weighted by Crippen LogP contribution is 2.06. The fourth-order valence-corrected chi connectivity index (χ4v) is 1.62. The third-order valence-electron chi connectivity index (χ3n) is 1.77. The normalized spacial score (nSPS) is 12.1. The van der Waals surface area contributed by atoms with Crippen molar-refractivity contribution in [2.24, 2.45) is 5.73 Å². The van der Waals surface area contributed by atoms with Crippen molar-refractivity contribution in [2.75, 3.05) is 6.54 Å². The van der Waals surface area contributed by atoms with Gasteiger partial charge in [0.2, 0.25) is 11.8 Å². The molecule has 1 aromatic heterocycles. The van der Waals surface area contributed by atoms with Crippen molar-refractivity contribution in [2.45, 2.75) is 12.5 Å². The van der Waals surface area contributed by atoms with Gasteiger partial charge in [-0.1, -0.05) is 0 Å². The molecule has 2 amide bonds. The van der Waals surface area contributed by atoms with Gasteiger partial charge < -0.3 is 16.2 Å². The van der Waals surface area contributed by atoms with Crippen molar-refractivity contribution < 1.29 is 14.7 Å². The van der Waals surface area contributed by atoms with Gasteiger partial charge in [-0.15, -0.1) is 0 Å². The Bertz CT molecular complexity index is 337. The molecule has 5 nitrogen and oxygen atoms in total. The van der Waals surface area contributed by atoms with Gasteiger partial charge in [0.15, 0.2) is 0 Å². The average molecular weight is 228 g/mol. The first-order chi connectivity index (χ1) is 7.09. The molecule has 82 valence electrons. The van der Waals surface area contributed by atoms with E-state index in [1.807, 2.05) is 16.8 Å². The molecule has 0 aliphatic heterocycles. The van der Waals surface area contributed by atoms with Crippen LogP contribution in [0.5, 0.6) is 0 Å². The van der Waals surface area contributed by atoms with Crippen LogP contribution in [0, 0.1) is 0 Å². The summed E-state index contributed by atoms with van der Waals surface area (Å²) in [5.41, 5.74) is 5.73. The van der Waals surface area contributed by atoms with Crippen LogP contribution in [0.1, 0.15) is 5.56 Å². The van der Waals surface area contributed by atoms with Crippen LogP contribution in [0.2, 0.25) is 0 Å². The fraction of sp³-hybridized carbons (Fsp3) is 0.333. The zero-order valence-corrected chi connectivity index (χ0v) is 8.79. The van der Waals surface area contributed by atoms with Crippen molar-refractivity contribution in [1.29, 1.82) is 0 Å². The number of thiophene rings is 1. The first kappa shape index (κ1) is 11.7. The number of carbonyl (C=O) groups is 2. The molecule has 1 heterocycles. The molecule has 0 saturated heterocycles. The van der Waals surface area contributed by atoms with Gasteiger partial charge in [-0.25, -0.2) is 0 Å². The summed E-state index contributed by atoms with van der Waals surface area (Å²) in [6.45, 7) is -0.141. The lowest BCUT2D eigenvalue weighted by Gasteiger charge is -2.07. The lowest BCUT2D eigenvalue weighted by molar-refractivity contribution is -0.126. The fourth-order valence-electron chi connectivity index (χ4n) is 0.952. The standard InChI is InChI=1S/C9H12N2O3S/c10-9(14)7(12)4-11-8(13)3-6-1-2-15-5-6/h1-2,5,7,12H,3-4H2,(H2,10,14)(H,11,13). The predicted octanol–water partition coefficient (Wildman–Crippen LogP) is -0.747. The van der Waals surface area contributed by atoms with Gasteiger partial charge in [-0.05, 0) is 22.4 Å². The summed E-state index contributed by atoms with van der Waals surface area (Å²) in [6, 6.07) is 1.84. The van der Waals surface area contributed by atoms with E-state index in [4.69, 9.17) is 10.8 Å². The molecule has 0 aromatic carbocycles. The second-order valence-corrected chi connectivity index (χ2v) is 3.81. The Hall–Kier alpha value is -1.40. The van der Waals surface area contributed by atoms with Crippen LogP contribution >= 0.6 is 11.3 Å². The first-order valence-corrected chi connectivity index (χ1v) is 5.29. The lowest BCUT2D eigenvalue weighted by atomic mass is 10.2. The number of aliphatic hydroxyl groups excluding tert-OH is 1. The van der Waals surface area contributed by atoms with Crippen molar-refractivity contribution in [3.8, 4) is 0 Å². The largest absolute Gasteiger partial charge is 0.381 e. The summed E-state index contributed by atoms with van der Waals surface area (Å²) in [7, 11) is 0. The number of hydrogen-bond acceptors (Lipinski definition) is 4. The van der Waals surface area contributed by atoms with E-state index >= 15 is 0 Å². The zero-order chi connectivity index (χ0) is 11.3. The Labute approximate surface area is 90.9 Å². The zero-order valence-electron chi connectivity index (χ0n) is 7.97. The number of hydrogen-bond donors (Lipinski definition) is 3. The van der Waals surface area contributed by atoms with E-state index in [9.17, 15) is 9.59 Å². The Balaban J connectivity index is 2.28. The Morgan fingerprint density at radius 3 is 2.87 bits per heavy atom. The average Bonchev–Trinajstić information content (AvgIpc) is 2.66. The summed E-state index contributed by atoms with van der Waals surface area (Å²) in [5, 5.41) is 15.2. The van der Waals surface area contributed by atoms with Crippen LogP contribution in [-0.2, 0) is 16.0 Å². The van der Waals surface area contributed by atoms with Gasteiger partial charge in [0.25, 0.3) is 0 Å². The third-order valence-corrected chi connectivity index (χ3v) is 2.50. The maximum atomic E-state index is 11.3. The summed E-state index contributed by atoms with van der Waals surface area (Å²) >= 11 is 1.51. The monoisotopic (exact) mass is 228 g/mol. The maximum Gasteiger partial charge on any atom is 0.248 e. The molecule has 0 spiro atoms. The van der Waals surface area contributed by atoms with E-state index in [2.05, 4.69) is 5.32 Å². The molecule has 15 heavy (non-hydrogen) atoms. The summed E-state index contributed by atoms with van der Waals surface area (Å²) in [5.74, 6) is -1.08. The number of rotatable bonds is 5. The molecular formula is C9H12N2O3S. The Morgan fingerprint density at radius 2 is 2.33 bits per heavy atom. The highest BCUT2D eigenvalue weighted by Gasteiger charge is 2.12. The maximum absolute atomic E-state index is 11.3. The second-order valence-electron chi connectivity index (χ2n) is 3.03. The van der Waals surface area contributed by atoms with Crippen LogP contribution < -0.4 is 11.1 Å². The van der Waals surface area contributed by atoms with Crippen LogP contribution in [0.4, 0.5) is 0 Å². The highest BCUT2D eigenvalue weighted by atomic mass is 32.1. The predicted molar refractivity (Wildman–Crippen MR) is 56.2 cm³/mol. The van der Waals surface area contributed by atoms with Gasteiger partial charge in [-0.2, -0.15) is 11.3 Å². The molecule has 6 heteroatoms. The molecule has 0 bridgehead atoms. The molecule has 1 aromatic rings. The SMILES string of the molecule is NC(=O)C(O)CNC(=O)Cc1ccsc1. The molecule has 1 rings (SSSR count). The van der Waals surface area contributed by atoms with Gasteiger partial charge in [-0.3, -0.25) is 9.59 Å². The molecule has 0 fully saturated rings. The molecule has 0 radical (unpaired) electrons. The van der Waals surface area contributed by atoms with Gasteiger partial charge in [0.05, 0.1) is 13.0 Å². The van der Waals surface area contributed by atoms with Crippen LogP contribution in [0.25, 0.3) is 0 Å². The van der Waals surface area contributed by atoms with Crippen molar-refractivity contribution >= 4 is 23.2 Å². The topological polar surface area (TPSA) is 92.4 Å². The van der Waals surface area contributed by atoms with Crippen molar-refractivity contribution in [1.82, 2.24) is 5.32 Å². The lowest BCUT2D eigenvalue weighted by Crippen LogP contribution is -2.40.